The maximum atomic E-state index is 4.00. The summed E-state index contributed by atoms with van der Waals surface area (Å²) in [5.41, 5.74) is 0. The molecule has 0 fully saturated rings. The zero-order valence-electron chi connectivity index (χ0n) is 16.2. The van der Waals surface area contributed by atoms with E-state index in [1.54, 1.807) is 0 Å². The Balaban J connectivity index is 3.30. The Kier molecular flexibility index (Phi) is 17.4. The zero-order valence-corrected chi connectivity index (χ0v) is 16.2. The molecule has 0 aliphatic rings. The van der Waals surface area contributed by atoms with E-state index in [0.717, 1.165) is 18.3 Å². The lowest BCUT2D eigenvalue weighted by Gasteiger charge is -2.14. The highest BCUT2D eigenvalue weighted by molar-refractivity contribution is 4.60. The minimum Gasteiger partial charge on any atom is -0.0654 e. The van der Waals surface area contributed by atoms with Gasteiger partial charge in [0.25, 0.3) is 0 Å². The van der Waals surface area contributed by atoms with Gasteiger partial charge in [-0.2, -0.15) is 0 Å². The molecule has 2 atom stereocenters. The average Bonchev–Trinajstić information content (AvgIpc) is 2.52. The Labute approximate surface area is 142 Å². The third-order valence-corrected chi connectivity index (χ3v) is 5.30. The summed E-state index contributed by atoms with van der Waals surface area (Å²) in [6, 6.07) is 0. The fourth-order valence-corrected chi connectivity index (χ4v) is 3.54. The zero-order chi connectivity index (χ0) is 16.5. The molecule has 0 aliphatic carbocycles. The Morgan fingerprint density at radius 2 is 1.14 bits per heavy atom. The Bertz CT molecular complexity index is 196. The molecular weight excluding hydrogens is 264 g/mol. The lowest BCUT2D eigenvalue weighted by Crippen LogP contribution is -1.99. The van der Waals surface area contributed by atoms with Crippen LogP contribution in [0.3, 0.4) is 0 Å². The van der Waals surface area contributed by atoms with E-state index in [1.807, 2.05) is 0 Å². The van der Waals surface area contributed by atoms with Crippen molar-refractivity contribution in [2.45, 2.75) is 124 Å². The molecule has 0 spiro atoms. The van der Waals surface area contributed by atoms with Crippen LogP contribution in [-0.2, 0) is 0 Å². The molecule has 0 saturated heterocycles. The summed E-state index contributed by atoms with van der Waals surface area (Å²) >= 11 is 0. The molecule has 0 amide bonds. The minimum absolute atomic E-state index is 0.947. The standard InChI is InChI=1S/C22H45/c1-5-8-9-10-11-12-14-18-21(4)19-15-13-16-20-22(7-3)17-6-2/h21-22H,2,5-20H2,1,3-4H3. The summed E-state index contributed by atoms with van der Waals surface area (Å²) in [7, 11) is 0. The van der Waals surface area contributed by atoms with Gasteiger partial charge in [-0.15, -0.1) is 0 Å². The van der Waals surface area contributed by atoms with E-state index in [-0.39, 0.29) is 0 Å². The second-order valence-corrected chi connectivity index (χ2v) is 7.57. The quantitative estimate of drug-likeness (QED) is 0.237. The van der Waals surface area contributed by atoms with Crippen molar-refractivity contribution in [2.24, 2.45) is 11.8 Å². The van der Waals surface area contributed by atoms with E-state index in [1.165, 1.54) is 96.3 Å². The van der Waals surface area contributed by atoms with Crippen LogP contribution in [0.1, 0.15) is 124 Å². The second-order valence-electron chi connectivity index (χ2n) is 7.57. The topological polar surface area (TPSA) is 0 Å². The first-order valence-electron chi connectivity index (χ1n) is 10.5. The van der Waals surface area contributed by atoms with Crippen LogP contribution in [0.5, 0.6) is 0 Å². The third kappa shape index (κ3) is 14.9. The van der Waals surface area contributed by atoms with E-state index >= 15 is 0 Å². The van der Waals surface area contributed by atoms with E-state index in [4.69, 9.17) is 0 Å². The van der Waals surface area contributed by atoms with Crippen LogP contribution in [0.2, 0.25) is 0 Å². The molecule has 133 valence electrons. The van der Waals surface area contributed by atoms with Crippen molar-refractivity contribution in [1.82, 2.24) is 0 Å². The molecule has 0 aliphatic heterocycles. The number of hydrogen-bond donors (Lipinski definition) is 0. The number of unbranched alkanes of at least 4 members (excludes halogenated alkanes) is 8. The Hall–Kier alpha value is 0. The fraction of sp³-hybridized carbons (Fsp3) is 0.955. The summed E-state index contributed by atoms with van der Waals surface area (Å²) < 4.78 is 0. The van der Waals surface area contributed by atoms with Gasteiger partial charge in [-0.05, 0) is 11.8 Å². The van der Waals surface area contributed by atoms with Crippen LogP contribution in [-0.4, -0.2) is 0 Å². The highest BCUT2D eigenvalue weighted by atomic mass is 14.1. The van der Waals surface area contributed by atoms with Crippen molar-refractivity contribution in [3.05, 3.63) is 6.92 Å². The van der Waals surface area contributed by atoms with Crippen LogP contribution in [0.4, 0.5) is 0 Å². The van der Waals surface area contributed by atoms with Gasteiger partial charge >= 0.3 is 0 Å². The summed E-state index contributed by atoms with van der Waals surface area (Å²) in [4.78, 5) is 0. The van der Waals surface area contributed by atoms with Crippen molar-refractivity contribution in [3.8, 4) is 0 Å². The maximum absolute atomic E-state index is 4.00. The molecule has 0 nitrogen and oxygen atoms in total. The first-order valence-corrected chi connectivity index (χ1v) is 10.5. The molecule has 0 bridgehead atoms. The predicted molar refractivity (Wildman–Crippen MR) is 103 cm³/mol. The number of hydrogen-bond acceptors (Lipinski definition) is 0. The van der Waals surface area contributed by atoms with Gasteiger partial charge in [0.15, 0.2) is 0 Å². The van der Waals surface area contributed by atoms with Gasteiger partial charge in [-0.3, -0.25) is 0 Å². The highest BCUT2D eigenvalue weighted by Gasteiger charge is 2.05. The molecular formula is C22H45. The molecule has 0 N–H and O–H groups in total. The Morgan fingerprint density at radius 1 is 0.636 bits per heavy atom. The van der Waals surface area contributed by atoms with Crippen molar-refractivity contribution < 1.29 is 0 Å². The molecule has 0 aromatic carbocycles. The average molecular weight is 310 g/mol. The maximum Gasteiger partial charge on any atom is -0.0417 e. The first kappa shape index (κ1) is 22.0. The van der Waals surface area contributed by atoms with Crippen molar-refractivity contribution >= 4 is 0 Å². The smallest absolute Gasteiger partial charge is 0.0417 e. The molecule has 1 radical (unpaired) electrons. The SMILES string of the molecule is [CH2]CCC(CC)CCCCCC(C)CCCCCCCCC. The van der Waals surface area contributed by atoms with E-state index in [0.29, 0.717) is 0 Å². The van der Waals surface area contributed by atoms with Crippen molar-refractivity contribution in [3.63, 3.8) is 0 Å². The van der Waals surface area contributed by atoms with Gasteiger partial charge in [-0.1, -0.05) is 130 Å². The summed E-state index contributed by atoms with van der Waals surface area (Å²) in [5, 5.41) is 0. The molecule has 0 aromatic heterocycles. The van der Waals surface area contributed by atoms with Gasteiger partial charge < -0.3 is 0 Å². The molecule has 22 heavy (non-hydrogen) atoms. The summed E-state index contributed by atoms with van der Waals surface area (Å²) in [6.07, 6.45) is 22.7. The van der Waals surface area contributed by atoms with Crippen molar-refractivity contribution in [2.75, 3.05) is 0 Å². The van der Waals surface area contributed by atoms with Gasteiger partial charge in [-0.25, -0.2) is 0 Å². The van der Waals surface area contributed by atoms with Gasteiger partial charge in [0.2, 0.25) is 0 Å². The highest BCUT2D eigenvalue weighted by Crippen LogP contribution is 2.21. The normalized spacial score (nSPS) is 14.2. The molecule has 0 aromatic rings. The van der Waals surface area contributed by atoms with Crippen LogP contribution in [0.25, 0.3) is 0 Å². The molecule has 0 heterocycles. The molecule has 0 heteroatoms. The van der Waals surface area contributed by atoms with E-state index < -0.39 is 0 Å². The number of rotatable bonds is 17. The lowest BCUT2D eigenvalue weighted by atomic mass is 9.92. The van der Waals surface area contributed by atoms with Crippen molar-refractivity contribution in [1.29, 1.82) is 0 Å². The molecule has 0 rings (SSSR count). The second kappa shape index (κ2) is 17.4. The van der Waals surface area contributed by atoms with Gasteiger partial charge in [0.05, 0.1) is 0 Å². The van der Waals surface area contributed by atoms with Gasteiger partial charge in [0, 0.05) is 0 Å². The van der Waals surface area contributed by atoms with E-state index in [9.17, 15) is 0 Å². The first-order chi connectivity index (χ1) is 10.7. The predicted octanol–water partition coefficient (Wildman–Crippen LogP) is 8.35. The minimum atomic E-state index is 0.947. The summed E-state index contributed by atoms with van der Waals surface area (Å²) in [5.74, 6) is 1.90. The molecule has 2 unspecified atom stereocenters. The van der Waals surface area contributed by atoms with Crippen LogP contribution in [0.15, 0.2) is 0 Å². The molecule has 0 saturated carbocycles. The summed E-state index contributed by atoms with van der Waals surface area (Å²) in [6.45, 7) is 11.1. The van der Waals surface area contributed by atoms with E-state index in [2.05, 4.69) is 27.7 Å². The van der Waals surface area contributed by atoms with Crippen LogP contribution in [0, 0.1) is 18.8 Å². The third-order valence-electron chi connectivity index (χ3n) is 5.30. The fourth-order valence-electron chi connectivity index (χ4n) is 3.54. The largest absolute Gasteiger partial charge is 0.0654 e. The van der Waals surface area contributed by atoms with Crippen LogP contribution >= 0.6 is 0 Å². The lowest BCUT2D eigenvalue weighted by molar-refractivity contribution is 0.396. The van der Waals surface area contributed by atoms with Crippen LogP contribution < -0.4 is 0 Å². The Morgan fingerprint density at radius 3 is 1.68 bits per heavy atom. The monoisotopic (exact) mass is 309 g/mol. The van der Waals surface area contributed by atoms with Gasteiger partial charge in [0.1, 0.15) is 0 Å².